The highest BCUT2D eigenvalue weighted by Crippen LogP contribution is 2.16. The molecule has 1 fully saturated rings. The predicted octanol–water partition coefficient (Wildman–Crippen LogP) is 2.32. The van der Waals surface area contributed by atoms with E-state index in [9.17, 15) is 9.18 Å². The molecule has 1 aliphatic heterocycles. The van der Waals surface area contributed by atoms with Crippen LogP contribution in [0.25, 0.3) is 6.08 Å². The highest BCUT2D eigenvalue weighted by Gasteiger charge is 2.27. The van der Waals surface area contributed by atoms with E-state index in [1.165, 1.54) is 0 Å². The van der Waals surface area contributed by atoms with Crippen molar-refractivity contribution in [3.05, 3.63) is 54.1 Å². The molecule has 7 heteroatoms. The Hall–Kier alpha value is -2.96. The van der Waals surface area contributed by atoms with Crippen LogP contribution >= 0.6 is 0 Å². The number of carbonyl (C=O) groups is 1. The summed E-state index contributed by atoms with van der Waals surface area (Å²) >= 11 is 0. The van der Waals surface area contributed by atoms with Crippen LogP contribution in [0.2, 0.25) is 0 Å². The summed E-state index contributed by atoms with van der Waals surface area (Å²) in [7, 11) is 1.61. The van der Waals surface area contributed by atoms with E-state index in [0.717, 1.165) is 23.7 Å². The van der Waals surface area contributed by atoms with Gasteiger partial charge in [0.2, 0.25) is 5.91 Å². The SMILES string of the molecule is COc1ccc(/C=C/C(=O)N2CC[C@@H](Oc3ncc(F)cn3)C2)cc1. The molecule has 1 amide bonds. The fraction of sp³-hybridized carbons (Fsp3) is 0.278. The molecule has 1 aromatic carbocycles. The molecule has 0 radical (unpaired) electrons. The van der Waals surface area contributed by atoms with Gasteiger partial charge in [-0.15, -0.1) is 0 Å². The summed E-state index contributed by atoms with van der Waals surface area (Å²) in [5, 5.41) is 0. The van der Waals surface area contributed by atoms with Crippen LogP contribution in [-0.4, -0.2) is 47.1 Å². The zero-order valence-electron chi connectivity index (χ0n) is 13.8. The van der Waals surface area contributed by atoms with Crippen LogP contribution < -0.4 is 9.47 Å². The maximum Gasteiger partial charge on any atom is 0.316 e. The first kappa shape index (κ1) is 16.9. The smallest absolute Gasteiger partial charge is 0.316 e. The number of benzene rings is 1. The number of rotatable bonds is 5. The molecule has 0 spiro atoms. The number of amides is 1. The third-order valence-corrected chi connectivity index (χ3v) is 3.86. The first-order valence-electron chi connectivity index (χ1n) is 7.89. The molecule has 0 unspecified atom stereocenters. The molecule has 1 atom stereocenters. The number of methoxy groups -OCH3 is 1. The predicted molar refractivity (Wildman–Crippen MR) is 89.6 cm³/mol. The van der Waals surface area contributed by atoms with Gasteiger partial charge in [0, 0.05) is 19.0 Å². The molecule has 0 N–H and O–H groups in total. The summed E-state index contributed by atoms with van der Waals surface area (Å²) in [6.07, 6.45) is 5.90. The molecule has 6 nitrogen and oxygen atoms in total. The van der Waals surface area contributed by atoms with Crippen molar-refractivity contribution in [1.82, 2.24) is 14.9 Å². The zero-order valence-corrected chi connectivity index (χ0v) is 13.8. The maximum atomic E-state index is 12.8. The van der Waals surface area contributed by atoms with Gasteiger partial charge in [0.1, 0.15) is 11.9 Å². The van der Waals surface area contributed by atoms with Crippen LogP contribution in [0.15, 0.2) is 42.7 Å². The molecule has 0 aliphatic carbocycles. The minimum atomic E-state index is -0.515. The summed E-state index contributed by atoms with van der Waals surface area (Å²) in [4.78, 5) is 21.5. The molecule has 25 heavy (non-hydrogen) atoms. The average Bonchev–Trinajstić information content (AvgIpc) is 3.10. The van der Waals surface area contributed by atoms with E-state index in [-0.39, 0.29) is 18.0 Å². The number of halogens is 1. The van der Waals surface area contributed by atoms with E-state index in [1.807, 2.05) is 24.3 Å². The topological polar surface area (TPSA) is 64.5 Å². The van der Waals surface area contributed by atoms with E-state index < -0.39 is 5.82 Å². The Morgan fingerprint density at radius 2 is 2.00 bits per heavy atom. The van der Waals surface area contributed by atoms with Crippen molar-refractivity contribution in [1.29, 1.82) is 0 Å². The summed E-state index contributed by atoms with van der Waals surface area (Å²) in [6.45, 7) is 1.05. The summed E-state index contributed by atoms with van der Waals surface area (Å²) in [5.41, 5.74) is 0.917. The van der Waals surface area contributed by atoms with E-state index in [2.05, 4.69) is 9.97 Å². The third kappa shape index (κ3) is 4.53. The highest BCUT2D eigenvalue weighted by atomic mass is 19.1. The molecular formula is C18H18FN3O3. The Balaban J connectivity index is 1.53. The minimum absolute atomic E-state index is 0.0815. The van der Waals surface area contributed by atoms with Gasteiger partial charge in [-0.05, 0) is 23.8 Å². The Kier molecular flexibility index (Phi) is 5.23. The van der Waals surface area contributed by atoms with Crippen LogP contribution in [0.5, 0.6) is 11.8 Å². The van der Waals surface area contributed by atoms with Crippen LogP contribution in [0.3, 0.4) is 0 Å². The van der Waals surface area contributed by atoms with Gasteiger partial charge in [0.05, 0.1) is 26.0 Å². The largest absolute Gasteiger partial charge is 0.497 e. The molecule has 1 aromatic heterocycles. The average molecular weight is 343 g/mol. The molecule has 0 saturated carbocycles. The normalized spacial score (nSPS) is 17.0. The van der Waals surface area contributed by atoms with Gasteiger partial charge in [-0.3, -0.25) is 4.79 Å². The molecular weight excluding hydrogens is 325 g/mol. The maximum absolute atomic E-state index is 12.8. The van der Waals surface area contributed by atoms with Gasteiger partial charge >= 0.3 is 6.01 Å². The van der Waals surface area contributed by atoms with E-state index in [4.69, 9.17) is 9.47 Å². The van der Waals surface area contributed by atoms with Crippen molar-refractivity contribution in [2.75, 3.05) is 20.2 Å². The van der Waals surface area contributed by atoms with Crippen molar-refractivity contribution in [2.45, 2.75) is 12.5 Å². The van der Waals surface area contributed by atoms with E-state index in [1.54, 1.807) is 24.2 Å². The second-order valence-corrected chi connectivity index (χ2v) is 5.60. The van der Waals surface area contributed by atoms with Crippen LogP contribution in [0.1, 0.15) is 12.0 Å². The standard InChI is InChI=1S/C18H18FN3O3/c1-24-15-5-2-13(3-6-15)4-7-17(23)22-9-8-16(12-22)25-18-20-10-14(19)11-21-18/h2-7,10-11,16H,8-9,12H2,1H3/b7-4+/t16-/m1/s1. The number of likely N-dealkylation sites (tertiary alicyclic amines) is 1. The quantitative estimate of drug-likeness (QED) is 0.780. The van der Waals surface area contributed by atoms with Gasteiger partial charge in [-0.2, -0.15) is 0 Å². The first-order chi connectivity index (χ1) is 12.1. The second-order valence-electron chi connectivity index (χ2n) is 5.60. The fourth-order valence-electron chi connectivity index (χ4n) is 2.52. The van der Waals surface area contributed by atoms with Crippen LogP contribution in [0.4, 0.5) is 4.39 Å². The summed E-state index contributed by atoms with van der Waals surface area (Å²) < 4.78 is 23.5. The van der Waals surface area contributed by atoms with Crippen molar-refractivity contribution in [2.24, 2.45) is 0 Å². The number of hydrogen-bond donors (Lipinski definition) is 0. The second kappa shape index (κ2) is 7.74. The summed E-state index contributed by atoms with van der Waals surface area (Å²) in [6, 6.07) is 7.56. The Labute approximate surface area is 144 Å². The van der Waals surface area contributed by atoms with Gasteiger partial charge < -0.3 is 14.4 Å². The molecule has 1 saturated heterocycles. The molecule has 3 rings (SSSR count). The Morgan fingerprint density at radius 1 is 1.28 bits per heavy atom. The molecule has 2 heterocycles. The lowest BCUT2D eigenvalue weighted by atomic mass is 10.2. The lowest BCUT2D eigenvalue weighted by molar-refractivity contribution is -0.125. The van der Waals surface area contributed by atoms with Crippen molar-refractivity contribution < 1.29 is 18.7 Å². The van der Waals surface area contributed by atoms with Gasteiger partial charge in [-0.1, -0.05) is 12.1 Å². The number of hydrogen-bond acceptors (Lipinski definition) is 5. The van der Waals surface area contributed by atoms with Crippen LogP contribution in [0, 0.1) is 5.82 Å². The highest BCUT2D eigenvalue weighted by molar-refractivity contribution is 5.92. The number of ether oxygens (including phenoxy) is 2. The van der Waals surface area contributed by atoms with Gasteiger partial charge in [-0.25, -0.2) is 14.4 Å². The first-order valence-corrected chi connectivity index (χ1v) is 7.89. The number of aromatic nitrogens is 2. The Bertz CT molecular complexity index is 747. The lowest BCUT2D eigenvalue weighted by Crippen LogP contribution is -2.29. The minimum Gasteiger partial charge on any atom is -0.497 e. The van der Waals surface area contributed by atoms with E-state index >= 15 is 0 Å². The fourth-order valence-corrected chi connectivity index (χ4v) is 2.52. The molecule has 0 bridgehead atoms. The molecule has 130 valence electrons. The third-order valence-electron chi connectivity index (χ3n) is 3.86. The van der Waals surface area contributed by atoms with Crippen molar-refractivity contribution in [3.8, 4) is 11.8 Å². The molecule has 1 aliphatic rings. The lowest BCUT2D eigenvalue weighted by Gasteiger charge is -2.14. The number of nitrogens with zero attached hydrogens (tertiary/aromatic N) is 3. The monoisotopic (exact) mass is 343 g/mol. The van der Waals surface area contributed by atoms with Gasteiger partial charge in [0.25, 0.3) is 0 Å². The van der Waals surface area contributed by atoms with Gasteiger partial charge in [0.15, 0.2) is 5.82 Å². The van der Waals surface area contributed by atoms with Crippen molar-refractivity contribution in [3.63, 3.8) is 0 Å². The van der Waals surface area contributed by atoms with E-state index in [0.29, 0.717) is 19.5 Å². The zero-order chi connectivity index (χ0) is 17.6. The summed E-state index contributed by atoms with van der Waals surface area (Å²) in [5.74, 6) is 0.173. The van der Waals surface area contributed by atoms with Crippen molar-refractivity contribution >= 4 is 12.0 Å². The molecule has 2 aromatic rings. The Morgan fingerprint density at radius 3 is 2.68 bits per heavy atom. The number of carbonyl (C=O) groups excluding carboxylic acids is 1. The van der Waals surface area contributed by atoms with Crippen LogP contribution in [-0.2, 0) is 4.79 Å².